The summed E-state index contributed by atoms with van der Waals surface area (Å²) in [5.41, 5.74) is 0.244. The number of hydrogen-bond acceptors (Lipinski definition) is 4. The van der Waals surface area contributed by atoms with Gasteiger partial charge in [0, 0.05) is 47.7 Å². The van der Waals surface area contributed by atoms with Crippen LogP contribution in [0.15, 0.2) is 71.7 Å². The van der Waals surface area contributed by atoms with Gasteiger partial charge >= 0.3 is 0 Å². The molecule has 0 spiro atoms. The zero-order chi connectivity index (χ0) is 25.1. The van der Waals surface area contributed by atoms with E-state index in [2.05, 4.69) is 0 Å². The maximum Gasteiger partial charge on any atom is 0.263 e. The Labute approximate surface area is 200 Å². The molecule has 6 nitrogen and oxygen atoms in total. The number of benzene rings is 3. The van der Waals surface area contributed by atoms with Crippen molar-refractivity contribution < 1.29 is 23.4 Å². The number of hydrogen-bond donors (Lipinski definition) is 1. The summed E-state index contributed by atoms with van der Waals surface area (Å²) in [4.78, 5) is 28.0. The van der Waals surface area contributed by atoms with E-state index in [1.807, 2.05) is 6.92 Å². The number of carbonyl (C=O) groups excluding carboxylic acids is 1. The summed E-state index contributed by atoms with van der Waals surface area (Å²) in [6, 6.07) is 14.1. The lowest BCUT2D eigenvalue weighted by Gasteiger charge is -2.22. The van der Waals surface area contributed by atoms with E-state index < -0.39 is 23.0 Å². The standard InChI is InChI=1S/C27H24F2N2O4/c1-3-10-35-22-7-5-6-19(14-22)31-16-24(26(33)23-9-8-21(32)15-25(23)31)27(34)30(4-2)20-12-17(28)11-18(29)13-20/h5-9,11-16,32H,3-4,10H2,1-2H3. The monoisotopic (exact) mass is 478 g/mol. The number of halogens is 2. The van der Waals surface area contributed by atoms with Crippen molar-refractivity contribution in [3.05, 3.63) is 94.3 Å². The van der Waals surface area contributed by atoms with Gasteiger partial charge in [-0.25, -0.2) is 8.78 Å². The van der Waals surface area contributed by atoms with Crippen molar-refractivity contribution in [2.24, 2.45) is 0 Å². The first-order valence-electron chi connectivity index (χ1n) is 11.2. The van der Waals surface area contributed by atoms with Gasteiger partial charge in [0.15, 0.2) is 0 Å². The molecule has 4 rings (SSSR count). The first-order valence-corrected chi connectivity index (χ1v) is 11.2. The number of phenols is 1. The summed E-state index contributed by atoms with van der Waals surface area (Å²) in [5, 5.41) is 10.3. The number of fused-ring (bicyclic) bond motifs is 1. The third-order valence-electron chi connectivity index (χ3n) is 5.51. The third-order valence-corrected chi connectivity index (χ3v) is 5.51. The highest BCUT2D eigenvalue weighted by molar-refractivity contribution is 6.07. The molecule has 35 heavy (non-hydrogen) atoms. The van der Waals surface area contributed by atoms with E-state index in [0.29, 0.717) is 29.6 Å². The minimum absolute atomic E-state index is 0.00159. The second-order valence-electron chi connectivity index (χ2n) is 7.97. The molecule has 8 heteroatoms. The van der Waals surface area contributed by atoms with Crippen molar-refractivity contribution in [3.63, 3.8) is 0 Å². The molecule has 0 radical (unpaired) electrons. The largest absolute Gasteiger partial charge is 0.508 e. The molecule has 0 bridgehead atoms. The Hall–Kier alpha value is -4.20. The second kappa shape index (κ2) is 9.97. The van der Waals surface area contributed by atoms with Crippen LogP contribution in [0.2, 0.25) is 0 Å². The van der Waals surface area contributed by atoms with Crippen LogP contribution in [0.4, 0.5) is 14.5 Å². The molecule has 0 fully saturated rings. The molecular formula is C27H24F2N2O4. The molecule has 0 unspecified atom stereocenters. The Morgan fingerprint density at radius 2 is 1.77 bits per heavy atom. The van der Waals surface area contributed by atoms with Crippen LogP contribution in [0.5, 0.6) is 11.5 Å². The van der Waals surface area contributed by atoms with Crippen LogP contribution in [-0.4, -0.2) is 28.7 Å². The average molecular weight is 478 g/mol. The number of aromatic nitrogens is 1. The van der Waals surface area contributed by atoms with Crippen molar-refractivity contribution in [3.8, 4) is 17.2 Å². The molecule has 0 aliphatic rings. The first-order chi connectivity index (χ1) is 16.8. The highest BCUT2D eigenvalue weighted by atomic mass is 19.1. The SMILES string of the molecule is CCCOc1cccc(-n2cc(C(=O)N(CC)c3cc(F)cc(F)c3)c(=O)c3ccc(O)cc32)c1. The Kier molecular flexibility index (Phi) is 6.82. The fraction of sp³-hybridized carbons (Fsp3) is 0.185. The molecule has 1 N–H and O–H groups in total. The van der Waals surface area contributed by atoms with Crippen LogP contribution in [0.1, 0.15) is 30.6 Å². The molecule has 0 atom stereocenters. The molecular weight excluding hydrogens is 454 g/mol. The summed E-state index contributed by atoms with van der Waals surface area (Å²) in [5.74, 6) is -1.81. The Bertz CT molecular complexity index is 1450. The lowest BCUT2D eigenvalue weighted by molar-refractivity contribution is 0.0987. The predicted octanol–water partition coefficient (Wildman–Crippen LogP) is 5.43. The molecule has 0 saturated carbocycles. The fourth-order valence-electron chi connectivity index (χ4n) is 3.91. The van der Waals surface area contributed by atoms with Gasteiger partial charge in [-0.3, -0.25) is 9.59 Å². The molecule has 180 valence electrons. The van der Waals surface area contributed by atoms with E-state index in [4.69, 9.17) is 4.74 Å². The van der Waals surface area contributed by atoms with Gasteiger partial charge < -0.3 is 19.3 Å². The van der Waals surface area contributed by atoms with Crippen LogP contribution in [0, 0.1) is 11.6 Å². The number of carbonyl (C=O) groups is 1. The molecule has 1 heterocycles. The molecule has 0 aliphatic heterocycles. The zero-order valence-electron chi connectivity index (χ0n) is 19.3. The van der Waals surface area contributed by atoms with Gasteiger partial charge in [-0.2, -0.15) is 0 Å². The number of phenolic OH excluding ortho intramolecular Hbond substituents is 1. The van der Waals surface area contributed by atoms with E-state index in [1.54, 1.807) is 35.8 Å². The van der Waals surface area contributed by atoms with E-state index in [-0.39, 0.29) is 28.9 Å². The van der Waals surface area contributed by atoms with Crippen molar-refractivity contribution in [2.75, 3.05) is 18.1 Å². The van der Waals surface area contributed by atoms with E-state index in [1.165, 1.54) is 24.4 Å². The van der Waals surface area contributed by atoms with Gasteiger partial charge in [0.05, 0.1) is 12.1 Å². The van der Waals surface area contributed by atoms with Gasteiger partial charge in [0.2, 0.25) is 5.43 Å². The third kappa shape index (κ3) is 4.87. The van der Waals surface area contributed by atoms with E-state index in [9.17, 15) is 23.5 Å². The Morgan fingerprint density at radius 1 is 1.03 bits per heavy atom. The summed E-state index contributed by atoms with van der Waals surface area (Å²) < 4.78 is 35.0. The number of pyridine rings is 1. The molecule has 0 saturated heterocycles. The minimum Gasteiger partial charge on any atom is -0.508 e. The van der Waals surface area contributed by atoms with Gasteiger partial charge in [0.25, 0.3) is 5.91 Å². The smallest absolute Gasteiger partial charge is 0.263 e. The summed E-state index contributed by atoms with van der Waals surface area (Å²) in [7, 11) is 0. The molecule has 1 amide bonds. The molecule has 0 aliphatic carbocycles. The van der Waals surface area contributed by atoms with Crippen LogP contribution >= 0.6 is 0 Å². The highest BCUT2D eigenvalue weighted by Crippen LogP contribution is 2.26. The molecule has 3 aromatic carbocycles. The van der Waals surface area contributed by atoms with Crippen LogP contribution < -0.4 is 15.1 Å². The first kappa shape index (κ1) is 23.9. The maximum absolute atomic E-state index is 13.8. The van der Waals surface area contributed by atoms with Gasteiger partial charge in [0.1, 0.15) is 28.7 Å². The second-order valence-corrected chi connectivity index (χ2v) is 7.97. The van der Waals surface area contributed by atoms with Crippen molar-refractivity contribution in [1.29, 1.82) is 0 Å². The van der Waals surface area contributed by atoms with Crippen molar-refractivity contribution in [2.45, 2.75) is 20.3 Å². The van der Waals surface area contributed by atoms with E-state index >= 15 is 0 Å². The Morgan fingerprint density at radius 3 is 2.46 bits per heavy atom. The maximum atomic E-state index is 13.8. The number of aromatic hydroxyl groups is 1. The number of rotatable bonds is 7. The average Bonchev–Trinajstić information content (AvgIpc) is 2.83. The number of ether oxygens (including phenoxy) is 1. The molecule has 4 aromatic rings. The lowest BCUT2D eigenvalue weighted by atomic mass is 10.1. The number of nitrogens with zero attached hydrogens (tertiary/aromatic N) is 2. The fourth-order valence-corrected chi connectivity index (χ4v) is 3.91. The number of anilines is 1. The van der Waals surface area contributed by atoms with Crippen molar-refractivity contribution in [1.82, 2.24) is 4.57 Å². The van der Waals surface area contributed by atoms with Crippen molar-refractivity contribution >= 4 is 22.5 Å². The normalized spacial score (nSPS) is 11.0. The summed E-state index contributed by atoms with van der Waals surface area (Å²) in [6.45, 7) is 4.24. The number of amides is 1. The summed E-state index contributed by atoms with van der Waals surface area (Å²) >= 11 is 0. The minimum atomic E-state index is -0.832. The van der Waals surface area contributed by atoms with Gasteiger partial charge in [-0.05, 0) is 49.7 Å². The topological polar surface area (TPSA) is 71.8 Å². The van der Waals surface area contributed by atoms with E-state index in [0.717, 1.165) is 23.5 Å². The zero-order valence-corrected chi connectivity index (χ0v) is 19.3. The van der Waals surface area contributed by atoms with Gasteiger partial charge in [-0.1, -0.05) is 13.0 Å². The molecule has 1 aromatic heterocycles. The summed E-state index contributed by atoms with van der Waals surface area (Å²) in [6.07, 6.45) is 2.20. The van der Waals surface area contributed by atoms with Crippen LogP contribution in [-0.2, 0) is 0 Å². The Balaban J connectivity index is 1.91. The lowest BCUT2D eigenvalue weighted by Crippen LogP contribution is -2.35. The van der Waals surface area contributed by atoms with Crippen LogP contribution in [0.3, 0.4) is 0 Å². The van der Waals surface area contributed by atoms with Gasteiger partial charge in [-0.15, -0.1) is 0 Å². The van der Waals surface area contributed by atoms with Crippen LogP contribution in [0.25, 0.3) is 16.6 Å². The highest BCUT2D eigenvalue weighted by Gasteiger charge is 2.23. The quantitative estimate of drug-likeness (QED) is 0.385. The predicted molar refractivity (Wildman–Crippen MR) is 131 cm³/mol.